The van der Waals surface area contributed by atoms with E-state index in [0.717, 1.165) is 4.31 Å². The van der Waals surface area contributed by atoms with Crippen molar-refractivity contribution in [2.24, 2.45) is 0 Å². The lowest BCUT2D eigenvalue weighted by Gasteiger charge is -2.23. The summed E-state index contributed by atoms with van der Waals surface area (Å²) in [4.78, 5) is 13.1. The summed E-state index contributed by atoms with van der Waals surface area (Å²) < 4.78 is 43.4. The van der Waals surface area contributed by atoms with Crippen LogP contribution in [0.1, 0.15) is 12.8 Å². The van der Waals surface area contributed by atoms with Crippen LogP contribution >= 0.6 is 11.6 Å². The fourth-order valence-electron chi connectivity index (χ4n) is 3.03. The summed E-state index contributed by atoms with van der Waals surface area (Å²) in [5, 5.41) is 0.395. The van der Waals surface area contributed by atoms with E-state index in [2.05, 4.69) is 0 Å². The second-order valence-corrected chi connectivity index (χ2v) is 9.17. The van der Waals surface area contributed by atoms with Crippen molar-refractivity contribution in [2.45, 2.75) is 17.7 Å². The maximum Gasteiger partial charge on any atom is 0.270 e. The largest absolute Gasteiger partial charge is 0.497 e. The first-order valence-corrected chi connectivity index (χ1v) is 11.9. The number of benzene rings is 3. The molecular formula is C24H24ClNO6S. The van der Waals surface area contributed by atoms with E-state index in [9.17, 15) is 13.2 Å². The van der Waals surface area contributed by atoms with E-state index >= 15 is 0 Å². The highest BCUT2D eigenvalue weighted by Gasteiger charge is 2.30. The van der Waals surface area contributed by atoms with Crippen LogP contribution in [0, 0.1) is 0 Å². The molecule has 0 aliphatic rings. The Morgan fingerprint density at radius 3 is 1.88 bits per heavy atom. The van der Waals surface area contributed by atoms with E-state index in [1.54, 1.807) is 43.5 Å². The summed E-state index contributed by atoms with van der Waals surface area (Å²) in [6.07, 6.45) is 0.294. The van der Waals surface area contributed by atoms with Gasteiger partial charge in [-0.15, -0.1) is 0 Å². The van der Waals surface area contributed by atoms with Crippen molar-refractivity contribution in [3.63, 3.8) is 0 Å². The summed E-state index contributed by atoms with van der Waals surface area (Å²) in [6, 6.07) is 19.0. The Hall–Kier alpha value is -3.23. The van der Waals surface area contributed by atoms with E-state index in [4.69, 9.17) is 25.8 Å². The highest BCUT2D eigenvalue weighted by molar-refractivity contribution is 7.93. The summed E-state index contributed by atoms with van der Waals surface area (Å²) in [7, 11) is -1.07. The van der Waals surface area contributed by atoms with Crippen LogP contribution in [0.25, 0.3) is 0 Å². The van der Waals surface area contributed by atoms with Gasteiger partial charge in [0.2, 0.25) is 5.91 Å². The molecule has 0 aliphatic heterocycles. The van der Waals surface area contributed by atoms with Crippen molar-refractivity contribution < 1.29 is 27.4 Å². The van der Waals surface area contributed by atoms with Gasteiger partial charge in [-0.2, -0.15) is 0 Å². The van der Waals surface area contributed by atoms with Gasteiger partial charge in [0, 0.05) is 11.4 Å². The minimum absolute atomic E-state index is 0.0327. The molecular weight excluding hydrogens is 466 g/mol. The van der Waals surface area contributed by atoms with Gasteiger partial charge in [0.15, 0.2) is 0 Å². The van der Waals surface area contributed by atoms with Crippen molar-refractivity contribution in [3.8, 4) is 17.2 Å². The molecule has 0 aliphatic carbocycles. The Kier molecular flexibility index (Phi) is 8.19. The van der Waals surface area contributed by atoms with E-state index < -0.39 is 15.9 Å². The summed E-state index contributed by atoms with van der Waals surface area (Å²) in [5.74, 6) is 1.31. The van der Waals surface area contributed by atoms with Gasteiger partial charge in [0.25, 0.3) is 10.0 Å². The molecule has 0 saturated carbocycles. The average Bonchev–Trinajstić information content (AvgIpc) is 2.83. The molecule has 0 atom stereocenters. The fraction of sp³-hybridized carbons (Fsp3) is 0.208. The molecule has 0 saturated heterocycles. The molecule has 1 amide bonds. The summed E-state index contributed by atoms with van der Waals surface area (Å²) in [6.45, 7) is 0.246. The van der Waals surface area contributed by atoms with Gasteiger partial charge in [0.05, 0.1) is 31.4 Å². The van der Waals surface area contributed by atoms with Crippen LogP contribution in [0.2, 0.25) is 5.02 Å². The molecule has 0 aromatic heterocycles. The van der Waals surface area contributed by atoms with Gasteiger partial charge in [-0.3, -0.25) is 4.79 Å². The first-order valence-electron chi connectivity index (χ1n) is 10.1. The second-order valence-electron chi connectivity index (χ2n) is 6.94. The smallest absolute Gasteiger partial charge is 0.270 e. The van der Waals surface area contributed by atoms with Crippen molar-refractivity contribution in [1.29, 1.82) is 0 Å². The maximum absolute atomic E-state index is 13.3. The van der Waals surface area contributed by atoms with Gasteiger partial charge in [0.1, 0.15) is 17.2 Å². The lowest BCUT2D eigenvalue weighted by Crippen LogP contribution is -2.37. The molecule has 0 fully saturated rings. The van der Waals surface area contributed by atoms with E-state index in [1.807, 2.05) is 0 Å². The molecule has 0 unspecified atom stereocenters. The van der Waals surface area contributed by atoms with E-state index in [-0.39, 0.29) is 23.6 Å². The third-order valence-corrected chi connectivity index (χ3v) is 6.76. The fourth-order valence-corrected chi connectivity index (χ4v) is 4.61. The third-order valence-electron chi connectivity index (χ3n) is 4.75. The van der Waals surface area contributed by atoms with Crippen molar-refractivity contribution in [1.82, 2.24) is 0 Å². The molecule has 0 radical (unpaired) electrons. The zero-order valence-corrected chi connectivity index (χ0v) is 19.8. The zero-order valence-electron chi connectivity index (χ0n) is 18.2. The van der Waals surface area contributed by atoms with Crippen molar-refractivity contribution in [3.05, 3.63) is 77.8 Å². The topological polar surface area (TPSA) is 82.1 Å². The lowest BCUT2D eigenvalue weighted by atomic mass is 10.2. The molecule has 0 bridgehead atoms. The number of rotatable bonds is 10. The Labute approximate surface area is 198 Å². The van der Waals surface area contributed by atoms with Crippen LogP contribution in [0.15, 0.2) is 77.7 Å². The number of hydrogen-bond donors (Lipinski definition) is 0. The van der Waals surface area contributed by atoms with Gasteiger partial charge in [-0.25, -0.2) is 12.7 Å². The molecule has 3 aromatic carbocycles. The minimum Gasteiger partial charge on any atom is -0.497 e. The predicted octanol–water partition coefficient (Wildman–Crippen LogP) is 4.94. The molecule has 0 N–H and O–H groups in total. The van der Waals surface area contributed by atoms with Crippen molar-refractivity contribution in [2.75, 3.05) is 25.1 Å². The Balaban J connectivity index is 1.76. The Morgan fingerprint density at radius 1 is 0.818 bits per heavy atom. The van der Waals surface area contributed by atoms with E-state index in [1.165, 1.54) is 43.5 Å². The monoisotopic (exact) mass is 489 g/mol. The van der Waals surface area contributed by atoms with E-state index in [0.29, 0.717) is 28.7 Å². The molecule has 0 heterocycles. The highest BCUT2D eigenvalue weighted by atomic mass is 35.5. The van der Waals surface area contributed by atoms with Crippen LogP contribution in [0.4, 0.5) is 5.69 Å². The molecule has 9 heteroatoms. The number of carbonyl (C=O) groups excluding carboxylic acids is 1. The molecule has 7 nitrogen and oxygen atoms in total. The Bertz CT molecular complexity index is 1160. The van der Waals surface area contributed by atoms with Gasteiger partial charge in [-0.05, 0) is 79.2 Å². The zero-order chi connectivity index (χ0) is 23.8. The van der Waals surface area contributed by atoms with Gasteiger partial charge < -0.3 is 14.2 Å². The number of anilines is 1. The highest BCUT2D eigenvalue weighted by Crippen LogP contribution is 2.28. The molecule has 0 spiro atoms. The van der Waals surface area contributed by atoms with Gasteiger partial charge >= 0.3 is 0 Å². The first kappa shape index (κ1) is 24.4. The van der Waals surface area contributed by atoms with Gasteiger partial charge in [-0.1, -0.05) is 11.6 Å². The number of sulfonamides is 1. The molecule has 3 rings (SSSR count). The SMILES string of the molecule is COc1ccc(OCCCC(=O)N(c2ccc(OC)cc2)S(=O)(=O)c2ccc(Cl)cc2)cc1. The summed E-state index contributed by atoms with van der Waals surface area (Å²) in [5.41, 5.74) is 0.215. The van der Waals surface area contributed by atoms with Crippen LogP contribution in [-0.4, -0.2) is 35.2 Å². The minimum atomic E-state index is -4.16. The Morgan fingerprint density at radius 2 is 1.33 bits per heavy atom. The standard InChI is InChI=1S/C24H24ClNO6S/c1-30-20-9-7-19(8-10-20)26(33(28,29)23-15-5-18(25)6-16-23)24(27)4-3-17-32-22-13-11-21(31-2)12-14-22/h5-16H,3-4,17H2,1-2H3. The van der Waals surface area contributed by atoms with Crippen LogP contribution < -0.4 is 18.5 Å². The third kappa shape index (κ3) is 6.18. The maximum atomic E-state index is 13.3. The van der Waals surface area contributed by atoms with Crippen LogP contribution in [0.5, 0.6) is 17.2 Å². The van der Waals surface area contributed by atoms with Crippen LogP contribution in [-0.2, 0) is 14.8 Å². The van der Waals surface area contributed by atoms with Crippen LogP contribution in [0.3, 0.4) is 0 Å². The number of ether oxygens (including phenoxy) is 3. The van der Waals surface area contributed by atoms with Crippen molar-refractivity contribution >= 4 is 33.2 Å². The average molecular weight is 490 g/mol. The number of hydrogen-bond acceptors (Lipinski definition) is 6. The molecule has 3 aromatic rings. The molecule has 174 valence electrons. The second kappa shape index (κ2) is 11.1. The quantitative estimate of drug-likeness (QED) is 0.375. The number of carbonyl (C=O) groups is 1. The molecule has 33 heavy (non-hydrogen) atoms. The number of amides is 1. The normalized spacial score (nSPS) is 11.0. The number of methoxy groups -OCH3 is 2. The first-order chi connectivity index (χ1) is 15.8. The summed E-state index contributed by atoms with van der Waals surface area (Å²) >= 11 is 5.90. The predicted molar refractivity (Wildman–Crippen MR) is 127 cm³/mol. The lowest BCUT2D eigenvalue weighted by molar-refractivity contribution is -0.117. The number of halogens is 1. The number of nitrogens with zero attached hydrogens (tertiary/aromatic N) is 1.